The molecule has 0 saturated carbocycles. The van der Waals surface area contributed by atoms with Crippen LogP contribution in [0.25, 0.3) is 10.4 Å². The van der Waals surface area contributed by atoms with Gasteiger partial charge >= 0.3 is 0 Å². The topological polar surface area (TPSA) is 67.5 Å². The number of nitrogens with one attached hydrogen (secondary N) is 1. The molecule has 116 valence electrons. The number of thiophene rings is 1. The van der Waals surface area contributed by atoms with Crippen molar-refractivity contribution in [2.45, 2.75) is 26.7 Å². The predicted molar refractivity (Wildman–Crippen MR) is 94.7 cm³/mol. The zero-order valence-electron chi connectivity index (χ0n) is 12.5. The number of carbonyl (C=O) groups excluding carboxylic acids is 1. The molecule has 1 heterocycles. The van der Waals surface area contributed by atoms with Crippen LogP contribution >= 0.6 is 22.9 Å². The van der Waals surface area contributed by atoms with E-state index >= 15 is 0 Å². The van der Waals surface area contributed by atoms with Crippen LogP contribution in [0.2, 0.25) is 5.02 Å². The van der Waals surface area contributed by atoms with Crippen molar-refractivity contribution in [3.8, 4) is 10.4 Å². The molecule has 0 radical (unpaired) electrons. The third-order valence-corrected chi connectivity index (χ3v) is 4.68. The summed E-state index contributed by atoms with van der Waals surface area (Å²) in [5.74, 6) is -0.276. The van der Waals surface area contributed by atoms with Gasteiger partial charge in [0.25, 0.3) is 5.91 Å². The highest BCUT2D eigenvalue weighted by atomic mass is 35.5. The van der Waals surface area contributed by atoms with Crippen LogP contribution in [0.1, 0.15) is 36.4 Å². The Hall–Kier alpha value is -1.85. The van der Waals surface area contributed by atoms with Gasteiger partial charge in [0, 0.05) is 15.6 Å². The predicted octanol–water partition coefficient (Wildman–Crippen LogP) is 4.56. The van der Waals surface area contributed by atoms with Gasteiger partial charge in [-0.25, -0.2) is 5.43 Å². The van der Waals surface area contributed by atoms with Crippen molar-refractivity contribution >= 4 is 40.2 Å². The van der Waals surface area contributed by atoms with E-state index in [4.69, 9.17) is 17.3 Å². The first kappa shape index (κ1) is 16.5. The molecule has 0 aliphatic heterocycles. The molecule has 1 aromatic carbocycles. The van der Waals surface area contributed by atoms with Crippen LogP contribution in [0, 0.1) is 0 Å². The lowest BCUT2D eigenvalue weighted by Gasteiger charge is -2.01. The molecule has 0 aliphatic carbocycles. The molecule has 6 heteroatoms. The van der Waals surface area contributed by atoms with E-state index in [1.807, 2.05) is 38.1 Å². The van der Waals surface area contributed by atoms with Gasteiger partial charge in [0.05, 0.1) is 5.69 Å². The van der Waals surface area contributed by atoms with E-state index in [1.165, 1.54) is 11.3 Å². The van der Waals surface area contributed by atoms with Gasteiger partial charge in [0.15, 0.2) is 0 Å². The van der Waals surface area contributed by atoms with Gasteiger partial charge in [-0.2, -0.15) is 5.10 Å². The molecule has 0 spiro atoms. The maximum atomic E-state index is 12.2. The van der Waals surface area contributed by atoms with Gasteiger partial charge in [0.2, 0.25) is 0 Å². The van der Waals surface area contributed by atoms with E-state index in [0.717, 1.165) is 29.0 Å². The normalized spacial score (nSPS) is 10.3. The van der Waals surface area contributed by atoms with Gasteiger partial charge in [0.1, 0.15) is 4.88 Å². The van der Waals surface area contributed by atoms with Crippen LogP contribution in [-0.2, 0) is 0 Å². The minimum atomic E-state index is -0.276. The zero-order chi connectivity index (χ0) is 16.1. The van der Waals surface area contributed by atoms with Crippen molar-refractivity contribution in [2.24, 2.45) is 5.10 Å². The number of hydrogen-bond acceptors (Lipinski definition) is 4. The summed E-state index contributed by atoms with van der Waals surface area (Å²) in [7, 11) is 0. The maximum Gasteiger partial charge on any atom is 0.283 e. The standard InChI is InChI=1S/C16H18ClN3OS/c1-3-12(4-2)19-20-16(21)15-13(18)9-14(22-15)10-5-7-11(17)8-6-10/h5-9H,3-4,18H2,1-2H3,(H,20,21). The lowest BCUT2D eigenvalue weighted by molar-refractivity contribution is 0.0959. The molecule has 2 aromatic rings. The lowest BCUT2D eigenvalue weighted by Crippen LogP contribution is -2.19. The third-order valence-electron chi connectivity index (χ3n) is 3.23. The van der Waals surface area contributed by atoms with Gasteiger partial charge in [-0.15, -0.1) is 11.3 Å². The number of nitrogen functional groups attached to an aromatic ring is 1. The third kappa shape index (κ3) is 3.87. The molecule has 1 amide bonds. The van der Waals surface area contributed by atoms with E-state index in [9.17, 15) is 4.79 Å². The summed E-state index contributed by atoms with van der Waals surface area (Å²) in [5, 5.41) is 4.80. The van der Waals surface area contributed by atoms with Gasteiger partial charge < -0.3 is 5.73 Å². The molecule has 0 fully saturated rings. The van der Waals surface area contributed by atoms with Crippen molar-refractivity contribution in [1.29, 1.82) is 0 Å². The molecule has 1 aromatic heterocycles. The molecule has 3 N–H and O–H groups in total. The Morgan fingerprint density at radius 3 is 2.50 bits per heavy atom. The van der Waals surface area contributed by atoms with Crippen LogP contribution in [0.3, 0.4) is 0 Å². The Labute approximate surface area is 139 Å². The van der Waals surface area contributed by atoms with E-state index in [-0.39, 0.29) is 5.91 Å². The number of halogens is 1. The fourth-order valence-corrected chi connectivity index (χ4v) is 3.03. The van der Waals surface area contributed by atoms with Crippen LogP contribution in [0.4, 0.5) is 5.69 Å². The first-order chi connectivity index (χ1) is 10.5. The Morgan fingerprint density at radius 1 is 1.27 bits per heavy atom. The minimum Gasteiger partial charge on any atom is -0.397 e. The van der Waals surface area contributed by atoms with E-state index < -0.39 is 0 Å². The lowest BCUT2D eigenvalue weighted by atomic mass is 10.2. The molecular weight excluding hydrogens is 318 g/mol. The largest absolute Gasteiger partial charge is 0.397 e. The van der Waals surface area contributed by atoms with E-state index in [1.54, 1.807) is 6.07 Å². The van der Waals surface area contributed by atoms with Crippen LogP contribution in [0.15, 0.2) is 35.4 Å². The SMILES string of the molecule is CCC(CC)=NNC(=O)c1sc(-c2ccc(Cl)cc2)cc1N. The van der Waals surface area contributed by atoms with Gasteiger partial charge in [-0.3, -0.25) is 4.79 Å². The highest BCUT2D eigenvalue weighted by molar-refractivity contribution is 7.18. The number of hydrogen-bond donors (Lipinski definition) is 2. The second-order valence-electron chi connectivity index (χ2n) is 4.73. The van der Waals surface area contributed by atoms with Crippen molar-refractivity contribution in [3.63, 3.8) is 0 Å². The first-order valence-corrected chi connectivity index (χ1v) is 8.25. The molecule has 4 nitrogen and oxygen atoms in total. The first-order valence-electron chi connectivity index (χ1n) is 7.06. The fraction of sp³-hybridized carbons (Fsp3) is 0.250. The second kappa shape index (κ2) is 7.42. The fourth-order valence-electron chi connectivity index (χ4n) is 1.93. The summed E-state index contributed by atoms with van der Waals surface area (Å²) < 4.78 is 0. The second-order valence-corrected chi connectivity index (χ2v) is 6.22. The smallest absolute Gasteiger partial charge is 0.283 e. The van der Waals surface area contributed by atoms with Gasteiger partial charge in [-0.1, -0.05) is 37.6 Å². The average Bonchev–Trinajstić information content (AvgIpc) is 2.91. The van der Waals surface area contributed by atoms with Crippen molar-refractivity contribution in [1.82, 2.24) is 5.43 Å². The summed E-state index contributed by atoms with van der Waals surface area (Å²) >= 11 is 7.23. The summed E-state index contributed by atoms with van der Waals surface area (Å²) in [6.07, 6.45) is 1.62. The Morgan fingerprint density at radius 2 is 1.91 bits per heavy atom. The zero-order valence-corrected chi connectivity index (χ0v) is 14.1. The Balaban J connectivity index is 2.21. The number of anilines is 1. The summed E-state index contributed by atoms with van der Waals surface area (Å²) in [4.78, 5) is 13.6. The Bertz CT molecular complexity index is 686. The number of rotatable bonds is 5. The number of nitrogens with zero attached hydrogens (tertiary/aromatic N) is 1. The monoisotopic (exact) mass is 335 g/mol. The minimum absolute atomic E-state index is 0.276. The van der Waals surface area contributed by atoms with Crippen molar-refractivity contribution in [2.75, 3.05) is 5.73 Å². The number of benzene rings is 1. The van der Waals surface area contributed by atoms with Crippen LogP contribution in [-0.4, -0.2) is 11.6 Å². The quantitative estimate of drug-likeness (QED) is 0.621. The summed E-state index contributed by atoms with van der Waals surface area (Å²) in [5.41, 5.74) is 10.9. The highest BCUT2D eigenvalue weighted by Gasteiger charge is 2.15. The number of amides is 1. The molecular formula is C16H18ClN3OS. The summed E-state index contributed by atoms with van der Waals surface area (Å²) in [6.45, 7) is 4.01. The average molecular weight is 336 g/mol. The summed E-state index contributed by atoms with van der Waals surface area (Å²) in [6, 6.07) is 9.23. The number of nitrogens with two attached hydrogens (primary N) is 1. The Kier molecular flexibility index (Phi) is 5.57. The molecule has 2 rings (SSSR count). The number of hydrazone groups is 1. The molecule has 22 heavy (non-hydrogen) atoms. The molecule has 0 aliphatic rings. The highest BCUT2D eigenvalue weighted by Crippen LogP contribution is 2.33. The van der Waals surface area contributed by atoms with Crippen molar-refractivity contribution in [3.05, 3.63) is 40.2 Å². The van der Waals surface area contributed by atoms with Crippen LogP contribution in [0.5, 0.6) is 0 Å². The number of carbonyl (C=O) groups is 1. The maximum absolute atomic E-state index is 12.2. The molecule has 0 saturated heterocycles. The van der Waals surface area contributed by atoms with E-state index in [2.05, 4.69) is 10.5 Å². The molecule has 0 bridgehead atoms. The van der Waals surface area contributed by atoms with Crippen LogP contribution < -0.4 is 11.2 Å². The van der Waals surface area contributed by atoms with Gasteiger partial charge in [-0.05, 0) is 36.6 Å². The van der Waals surface area contributed by atoms with Crippen molar-refractivity contribution < 1.29 is 4.79 Å². The molecule has 0 unspecified atom stereocenters. The molecule has 0 atom stereocenters. The van der Waals surface area contributed by atoms with E-state index in [0.29, 0.717) is 15.6 Å².